The molecule has 0 atom stereocenters. The zero-order valence-electron chi connectivity index (χ0n) is 11.7. The number of nitrogens with zero attached hydrogens (tertiary/aromatic N) is 2. The third kappa shape index (κ3) is 3.67. The van der Waals surface area contributed by atoms with Crippen LogP contribution < -0.4 is 10.6 Å². The van der Waals surface area contributed by atoms with Crippen LogP contribution in [0.5, 0.6) is 0 Å². The molecule has 0 aliphatic rings. The van der Waals surface area contributed by atoms with Gasteiger partial charge in [-0.05, 0) is 24.3 Å². The van der Waals surface area contributed by atoms with Crippen LogP contribution in [0.15, 0.2) is 60.7 Å². The molecule has 6 heteroatoms. The minimum atomic E-state index is -0.117. The summed E-state index contributed by atoms with van der Waals surface area (Å²) in [5.41, 5.74) is 1.59. The summed E-state index contributed by atoms with van der Waals surface area (Å²) in [7, 11) is 0. The number of amides is 1. The van der Waals surface area contributed by atoms with Crippen molar-refractivity contribution in [3.8, 4) is 0 Å². The number of benzene rings is 2. The Labute approximate surface area is 132 Å². The second kappa shape index (κ2) is 6.82. The summed E-state index contributed by atoms with van der Waals surface area (Å²) >= 11 is 1.42. The number of carbonyl (C=O) groups is 1. The highest BCUT2D eigenvalue weighted by Crippen LogP contribution is 2.20. The largest absolute Gasteiger partial charge is 0.345 e. The van der Waals surface area contributed by atoms with Crippen molar-refractivity contribution in [3.05, 3.63) is 71.2 Å². The highest BCUT2D eigenvalue weighted by molar-refractivity contribution is 7.15. The number of hydrogen-bond acceptors (Lipinski definition) is 5. The fourth-order valence-corrected chi connectivity index (χ4v) is 2.57. The number of rotatable bonds is 5. The molecule has 0 aliphatic carbocycles. The van der Waals surface area contributed by atoms with E-state index in [9.17, 15) is 4.79 Å². The van der Waals surface area contributed by atoms with Gasteiger partial charge in [0, 0.05) is 11.3 Å². The Kier molecular flexibility index (Phi) is 4.41. The Morgan fingerprint density at radius 1 is 0.955 bits per heavy atom. The molecular weight excluding hydrogens is 296 g/mol. The molecule has 0 bridgehead atoms. The zero-order chi connectivity index (χ0) is 15.2. The summed E-state index contributed by atoms with van der Waals surface area (Å²) in [6, 6.07) is 18.9. The van der Waals surface area contributed by atoms with Crippen LogP contribution >= 0.6 is 11.3 Å². The first kappa shape index (κ1) is 14.2. The maximum Gasteiger partial charge on any atom is 0.251 e. The van der Waals surface area contributed by atoms with E-state index in [1.54, 1.807) is 12.1 Å². The van der Waals surface area contributed by atoms with Crippen LogP contribution in [-0.4, -0.2) is 16.1 Å². The topological polar surface area (TPSA) is 66.9 Å². The predicted octanol–water partition coefficient (Wildman–Crippen LogP) is 3.21. The van der Waals surface area contributed by atoms with Crippen LogP contribution in [0.2, 0.25) is 0 Å². The molecule has 2 aromatic carbocycles. The molecule has 0 aliphatic heterocycles. The molecule has 0 unspecified atom stereocenters. The third-order valence-corrected chi connectivity index (χ3v) is 3.77. The molecular formula is C16H14N4OS. The first-order valence-corrected chi connectivity index (χ1v) is 7.60. The number of hydrogen-bond donors (Lipinski definition) is 2. The van der Waals surface area contributed by atoms with Crippen LogP contribution in [0, 0.1) is 0 Å². The van der Waals surface area contributed by atoms with E-state index in [-0.39, 0.29) is 5.91 Å². The monoisotopic (exact) mass is 310 g/mol. The minimum absolute atomic E-state index is 0.117. The molecule has 0 saturated carbocycles. The quantitative estimate of drug-likeness (QED) is 0.759. The second-order valence-electron chi connectivity index (χ2n) is 4.54. The van der Waals surface area contributed by atoms with Crippen molar-refractivity contribution in [1.82, 2.24) is 15.5 Å². The van der Waals surface area contributed by atoms with Gasteiger partial charge in [0.25, 0.3) is 5.91 Å². The van der Waals surface area contributed by atoms with Gasteiger partial charge >= 0.3 is 0 Å². The average Bonchev–Trinajstić information content (AvgIpc) is 3.02. The van der Waals surface area contributed by atoms with Crippen molar-refractivity contribution >= 4 is 28.1 Å². The molecule has 5 nitrogen and oxygen atoms in total. The molecule has 1 aromatic heterocycles. The van der Waals surface area contributed by atoms with Gasteiger partial charge < -0.3 is 10.6 Å². The Hall–Kier alpha value is -2.73. The minimum Gasteiger partial charge on any atom is -0.345 e. The normalized spacial score (nSPS) is 10.2. The Morgan fingerprint density at radius 3 is 2.36 bits per heavy atom. The lowest BCUT2D eigenvalue weighted by Gasteiger charge is -2.02. The summed E-state index contributed by atoms with van der Waals surface area (Å²) in [5, 5.41) is 15.6. The van der Waals surface area contributed by atoms with E-state index in [2.05, 4.69) is 20.8 Å². The standard InChI is InChI=1S/C16H14N4OS/c21-15(12-7-3-1-4-8-12)17-11-14-19-20-16(22-14)18-13-9-5-2-6-10-13/h1-10H,11H2,(H,17,21)(H,18,20). The van der Waals surface area contributed by atoms with Gasteiger partial charge in [0.2, 0.25) is 5.13 Å². The molecule has 0 fully saturated rings. The average molecular weight is 310 g/mol. The Balaban J connectivity index is 1.57. The third-order valence-electron chi connectivity index (χ3n) is 2.93. The van der Waals surface area contributed by atoms with E-state index in [1.807, 2.05) is 48.5 Å². The SMILES string of the molecule is O=C(NCc1nnc(Nc2ccccc2)s1)c1ccccc1. The molecule has 3 aromatic rings. The van der Waals surface area contributed by atoms with Crippen LogP contribution in [-0.2, 0) is 6.54 Å². The maximum atomic E-state index is 11.9. The molecule has 0 saturated heterocycles. The lowest BCUT2D eigenvalue weighted by Crippen LogP contribution is -2.22. The number of nitrogens with one attached hydrogen (secondary N) is 2. The van der Waals surface area contributed by atoms with Crippen molar-refractivity contribution in [3.63, 3.8) is 0 Å². The van der Waals surface area contributed by atoms with E-state index in [1.165, 1.54) is 11.3 Å². The van der Waals surface area contributed by atoms with Gasteiger partial charge in [0.05, 0.1) is 6.54 Å². The van der Waals surface area contributed by atoms with Crippen LogP contribution in [0.25, 0.3) is 0 Å². The maximum absolute atomic E-state index is 11.9. The van der Waals surface area contributed by atoms with Crippen LogP contribution in [0.4, 0.5) is 10.8 Å². The summed E-state index contributed by atoms with van der Waals surface area (Å²) in [4.78, 5) is 11.9. The van der Waals surface area contributed by atoms with Gasteiger partial charge in [0.15, 0.2) is 0 Å². The highest BCUT2D eigenvalue weighted by atomic mass is 32.1. The fraction of sp³-hybridized carbons (Fsp3) is 0.0625. The number of para-hydroxylation sites is 1. The van der Waals surface area contributed by atoms with Gasteiger partial charge in [-0.15, -0.1) is 10.2 Å². The van der Waals surface area contributed by atoms with E-state index >= 15 is 0 Å². The summed E-state index contributed by atoms with van der Waals surface area (Å²) in [6.07, 6.45) is 0. The van der Waals surface area contributed by atoms with Gasteiger partial charge in [-0.3, -0.25) is 4.79 Å². The van der Waals surface area contributed by atoms with Gasteiger partial charge in [-0.1, -0.05) is 47.7 Å². The highest BCUT2D eigenvalue weighted by Gasteiger charge is 2.08. The van der Waals surface area contributed by atoms with Gasteiger partial charge in [0.1, 0.15) is 5.01 Å². The molecule has 3 rings (SSSR count). The second-order valence-corrected chi connectivity index (χ2v) is 5.60. The molecule has 22 heavy (non-hydrogen) atoms. The van der Waals surface area contributed by atoms with Crippen molar-refractivity contribution < 1.29 is 4.79 Å². The van der Waals surface area contributed by atoms with Crippen LogP contribution in [0.1, 0.15) is 15.4 Å². The first-order valence-electron chi connectivity index (χ1n) is 6.79. The lowest BCUT2D eigenvalue weighted by molar-refractivity contribution is 0.0951. The molecule has 0 radical (unpaired) electrons. The van der Waals surface area contributed by atoms with Gasteiger partial charge in [-0.25, -0.2) is 0 Å². The molecule has 1 heterocycles. The molecule has 1 amide bonds. The number of aromatic nitrogens is 2. The molecule has 0 spiro atoms. The number of anilines is 2. The summed E-state index contributed by atoms with van der Waals surface area (Å²) in [5.74, 6) is -0.117. The van der Waals surface area contributed by atoms with E-state index < -0.39 is 0 Å². The van der Waals surface area contributed by atoms with E-state index in [4.69, 9.17) is 0 Å². The lowest BCUT2D eigenvalue weighted by atomic mass is 10.2. The molecule has 110 valence electrons. The van der Waals surface area contributed by atoms with Crippen LogP contribution in [0.3, 0.4) is 0 Å². The smallest absolute Gasteiger partial charge is 0.251 e. The predicted molar refractivity (Wildman–Crippen MR) is 87.2 cm³/mol. The van der Waals surface area contributed by atoms with Crippen molar-refractivity contribution in [2.45, 2.75) is 6.54 Å². The summed E-state index contributed by atoms with van der Waals surface area (Å²) in [6.45, 7) is 0.363. The Bertz CT molecular complexity index is 743. The zero-order valence-corrected chi connectivity index (χ0v) is 12.5. The van der Waals surface area contributed by atoms with E-state index in [0.717, 1.165) is 10.7 Å². The fourth-order valence-electron chi connectivity index (χ4n) is 1.87. The van der Waals surface area contributed by atoms with Crippen molar-refractivity contribution in [2.75, 3.05) is 5.32 Å². The van der Waals surface area contributed by atoms with E-state index in [0.29, 0.717) is 17.2 Å². The van der Waals surface area contributed by atoms with Gasteiger partial charge in [-0.2, -0.15) is 0 Å². The first-order chi connectivity index (χ1) is 10.8. The van der Waals surface area contributed by atoms with Crippen molar-refractivity contribution in [2.24, 2.45) is 0 Å². The number of carbonyl (C=O) groups excluding carboxylic acids is 1. The van der Waals surface area contributed by atoms with Crippen molar-refractivity contribution in [1.29, 1.82) is 0 Å². The Morgan fingerprint density at radius 2 is 1.64 bits per heavy atom. The molecule has 2 N–H and O–H groups in total. The summed E-state index contributed by atoms with van der Waals surface area (Å²) < 4.78 is 0.